The van der Waals surface area contributed by atoms with E-state index in [-0.39, 0.29) is 10.6 Å². The second-order valence-corrected chi connectivity index (χ2v) is 6.92. The van der Waals surface area contributed by atoms with E-state index in [1.165, 1.54) is 12.1 Å². The van der Waals surface area contributed by atoms with Gasteiger partial charge in [-0.2, -0.15) is 0 Å². The number of H-pyrrole nitrogens is 1. The molecule has 4 nitrogen and oxygen atoms in total. The summed E-state index contributed by atoms with van der Waals surface area (Å²) in [5.74, 6) is -0.559. The van der Waals surface area contributed by atoms with Crippen LogP contribution in [0.15, 0.2) is 72.8 Å². The molecule has 140 valence electrons. The number of fused-ring (bicyclic) bond motifs is 1. The average molecular weight is 394 g/mol. The Balaban J connectivity index is 1.67. The van der Waals surface area contributed by atoms with Crippen LogP contribution in [0.1, 0.15) is 27.8 Å². The second kappa shape index (κ2) is 7.82. The largest absolute Gasteiger partial charge is 0.342 e. The van der Waals surface area contributed by atoms with E-state index in [2.05, 4.69) is 15.3 Å². The minimum atomic E-state index is -0.659. The van der Waals surface area contributed by atoms with E-state index >= 15 is 0 Å². The SMILES string of the molecule is O=C(NC(Cc1ccccc1)c1nc2ccccc2[nH]1)c1ccc(Cl)cc1F. The lowest BCUT2D eigenvalue weighted by atomic mass is 10.0. The molecule has 0 spiro atoms. The Morgan fingerprint density at radius 3 is 2.57 bits per heavy atom. The van der Waals surface area contributed by atoms with Gasteiger partial charge < -0.3 is 10.3 Å². The van der Waals surface area contributed by atoms with Crippen LogP contribution in [0.4, 0.5) is 4.39 Å². The van der Waals surface area contributed by atoms with Gasteiger partial charge in [-0.15, -0.1) is 0 Å². The monoisotopic (exact) mass is 393 g/mol. The van der Waals surface area contributed by atoms with Crippen LogP contribution in [0.3, 0.4) is 0 Å². The Morgan fingerprint density at radius 2 is 1.82 bits per heavy atom. The molecule has 0 aliphatic rings. The van der Waals surface area contributed by atoms with Crippen LogP contribution in [0.2, 0.25) is 5.02 Å². The van der Waals surface area contributed by atoms with Crippen molar-refractivity contribution in [3.8, 4) is 0 Å². The first kappa shape index (κ1) is 18.2. The number of imidazole rings is 1. The zero-order chi connectivity index (χ0) is 19.5. The third kappa shape index (κ3) is 3.89. The molecule has 0 bridgehead atoms. The molecule has 0 fully saturated rings. The number of carbonyl (C=O) groups excluding carboxylic acids is 1. The van der Waals surface area contributed by atoms with Crippen LogP contribution >= 0.6 is 11.6 Å². The van der Waals surface area contributed by atoms with Gasteiger partial charge >= 0.3 is 0 Å². The van der Waals surface area contributed by atoms with Crippen molar-refractivity contribution in [3.63, 3.8) is 0 Å². The molecule has 4 rings (SSSR count). The summed E-state index contributed by atoms with van der Waals surface area (Å²) in [5, 5.41) is 3.15. The first-order chi connectivity index (χ1) is 13.6. The first-order valence-electron chi connectivity index (χ1n) is 8.84. The van der Waals surface area contributed by atoms with E-state index < -0.39 is 17.8 Å². The number of halogens is 2. The zero-order valence-electron chi connectivity index (χ0n) is 14.8. The molecule has 3 aromatic carbocycles. The van der Waals surface area contributed by atoms with Gasteiger partial charge in [0, 0.05) is 5.02 Å². The van der Waals surface area contributed by atoms with Crippen LogP contribution < -0.4 is 5.32 Å². The molecule has 1 heterocycles. The zero-order valence-corrected chi connectivity index (χ0v) is 15.6. The predicted molar refractivity (Wildman–Crippen MR) is 108 cm³/mol. The number of benzene rings is 3. The molecule has 1 atom stereocenters. The molecule has 6 heteroatoms. The number of para-hydroxylation sites is 2. The van der Waals surface area contributed by atoms with Crippen LogP contribution in [-0.2, 0) is 6.42 Å². The lowest BCUT2D eigenvalue weighted by molar-refractivity contribution is 0.0931. The summed E-state index contributed by atoms with van der Waals surface area (Å²) >= 11 is 5.79. The number of aromatic nitrogens is 2. The second-order valence-electron chi connectivity index (χ2n) is 6.48. The topological polar surface area (TPSA) is 57.8 Å². The highest BCUT2D eigenvalue weighted by molar-refractivity contribution is 6.30. The highest BCUT2D eigenvalue weighted by Gasteiger charge is 2.21. The van der Waals surface area contributed by atoms with Gasteiger partial charge in [0.25, 0.3) is 5.91 Å². The molecular formula is C22H17ClFN3O. The molecule has 1 aromatic heterocycles. The Hall–Kier alpha value is -3.18. The average Bonchev–Trinajstić information content (AvgIpc) is 3.12. The van der Waals surface area contributed by atoms with Gasteiger partial charge in [0.05, 0.1) is 22.6 Å². The number of nitrogens with one attached hydrogen (secondary N) is 2. The fourth-order valence-electron chi connectivity index (χ4n) is 3.11. The van der Waals surface area contributed by atoms with Crippen molar-refractivity contribution < 1.29 is 9.18 Å². The van der Waals surface area contributed by atoms with Crippen molar-refractivity contribution in [1.29, 1.82) is 0 Å². The van der Waals surface area contributed by atoms with Gasteiger partial charge in [0.2, 0.25) is 0 Å². The Labute approximate surface area is 166 Å². The van der Waals surface area contributed by atoms with Crippen LogP contribution in [0.25, 0.3) is 11.0 Å². The number of amides is 1. The van der Waals surface area contributed by atoms with E-state index in [1.807, 2.05) is 54.6 Å². The highest BCUT2D eigenvalue weighted by atomic mass is 35.5. The van der Waals surface area contributed by atoms with Crippen molar-refractivity contribution in [2.75, 3.05) is 0 Å². The fraction of sp³-hybridized carbons (Fsp3) is 0.0909. The van der Waals surface area contributed by atoms with E-state index in [0.717, 1.165) is 22.7 Å². The minimum Gasteiger partial charge on any atom is -0.342 e. The standard InChI is InChI=1S/C22H17ClFN3O/c23-15-10-11-16(17(24)13-15)22(28)27-20(12-14-6-2-1-3-7-14)21-25-18-8-4-5-9-19(18)26-21/h1-11,13,20H,12H2,(H,25,26)(H,27,28). The summed E-state index contributed by atoms with van der Waals surface area (Å²) < 4.78 is 14.2. The van der Waals surface area contributed by atoms with Gasteiger partial charge in [0.15, 0.2) is 0 Å². The molecule has 0 aliphatic heterocycles. The third-order valence-electron chi connectivity index (χ3n) is 4.50. The van der Waals surface area contributed by atoms with E-state index in [4.69, 9.17) is 11.6 Å². The van der Waals surface area contributed by atoms with Crippen molar-refractivity contribution in [1.82, 2.24) is 15.3 Å². The van der Waals surface area contributed by atoms with Crippen LogP contribution in [0.5, 0.6) is 0 Å². The molecule has 0 saturated heterocycles. The van der Waals surface area contributed by atoms with E-state index in [9.17, 15) is 9.18 Å². The summed E-state index contributed by atoms with van der Waals surface area (Å²) in [7, 11) is 0. The maximum absolute atomic E-state index is 14.2. The highest BCUT2D eigenvalue weighted by Crippen LogP contribution is 2.21. The molecule has 28 heavy (non-hydrogen) atoms. The number of rotatable bonds is 5. The number of nitrogens with zero attached hydrogens (tertiary/aromatic N) is 1. The predicted octanol–water partition coefficient (Wildman–Crippen LogP) is 5.07. The minimum absolute atomic E-state index is 0.0569. The lowest BCUT2D eigenvalue weighted by Crippen LogP contribution is -2.31. The number of hydrogen-bond acceptors (Lipinski definition) is 2. The smallest absolute Gasteiger partial charge is 0.254 e. The van der Waals surface area contributed by atoms with Gasteiger partial charge in [-0.3, -0.25) is 4.79 Å². The molecule has 1 amide bonds. The van der Waals surface area contributed by atoms with Gasteiger partial charge in [-0.1, -0.05) is 54.1 Å². The summed E-state index contributed by atoms with van der Waals surface area (Å²) in [6.45, 7) is 0. The van der Waals surface area contributed by atoms with Crippen molar-refractivity contribution in [2.45, 2.75) is 12.5 Å². The van der Waals surface area contributed by atoms with E-state index in [0.29, 0.717) is 12.2 Å². The quantitative estimate of drug-likeness (QED) is 0.497. The molecular weight excluding hydrogens is 377 g/mol. The maximum Gasteiger partial charge on any atom is 0.254 e. The Bertz CT molecular complexity index is 1090. The molecule has 1 unspecified atom stereocenters. The maximum atomic E-state index is 14.2. The summed E-state index contributed by atoms with van der Waals surface area (Å²) in [6.07, 6.45) is 0.515. The number of hydrogen-bond donors (Lipinski definition) is 2. The van der Waals surface area contributed by atoms with Crippen molar-refractivity contribution in [2.24, 2.45) is 0 Å². The van der Waals surface area contributed by atoms with Crippen LogP contribution in [-0.4, -0.2) is 15.9 Å². The van der Waals surface area contributed by atoms with Crippen molar-refractivity contribution in [3.05, 3.63) is 101 Å². The normalized spacial score (nSPS) is 12.1. The summed E-state index contributed by atoms with van der Waals surface area (Å²) in [6, 6.07) is 21.0. The van der Waals surface area contributed by atoms with E-state index in [1.54, 1.807) is 0 Å². The van der Waals surface area contributed by atoms with Crippen molar-refractivity contribution >= 4 is 28.5 Å². The molecule has 0 radical (unpaired) electrons. The Morgan fingerprint density at radius 1 is 1.07 bits per heavy atom. The Kier molecular flexibility index (Phi) is 5.08. The summed E-state index contributed by atoms with van der Waals surface area (Å²) in [4.78, 5) is 20.6. The molecule has 0 aliphatic carbocycles. The molecule has 4 aromatic rings. The fourth-order valence-corrected chi connectivity index (χ4v) is 3.27. The summed E-state index contributed by atoms with van der Waals surface area (Å²) in [5.41, 5.74) is 2.66. The van der Waals surface area contributed by atoms with Gasteiger partial charge in [-0.25, -0.2) is 9.37 Å². The number of carbonyl (C=O) groups is 1. The number of aromatic amines is 1. The van der Waals surface area contributed by atoms with Gasteiger partial charge in [0.1, 0.15) is 11.6 Å². The van der Waals surface area contributed by atoms with Crippen LogP contribution in [0, 0.1) is 5.82 Å². The lowest BCUT2D eigenvalue weighted by Gasteiger charge is -2.17. The molecule has 2 N–H and O–H groups in total. The molecule has 0 saturated carbocycles. The van der Waals surface area contributed by atoms with Gasteiger partial charge in [-0.05, 0) is 42.3 Å². The third-order valence-corrected chi connectivity index (χ3v) is 4.74. The first-order valence-corrected chi connectivity index (χ1v) is 9.22.